The molecule has 0 spiro atoms. The molecule has 0 saturated heterocycles. The maximum atomic E-state index is 15.1. The Balaban J connectivity index is 1.56. The second-order valence-electron chi connectivity index (χ2n) is 7.86. The first-order chi connectivity index (χ1) is 14.5. The van der Waals surface area contributed by atoms with Crippen LogP contribution in [-0.4, -0.2) is 12.1 Å². The largest absolute Gasteiger partial charge is 0.459 e. The highest BCUT2D eigenvalue weighted by molar-refractivity contribution is 5.94. The molecule has 1 atom stereocenters. The zero-order valence-electron chi connectivity index (χ0n) is 17.2. The monoisotopic (exact) mass is 406 g/mol. The van der Waals surface area contributed by atoms with Crippen LogP contribution >= 0.6 is 0 Å². The number of carbonyl (C=O) groups excluding carboxylic acids is 1. The number of hydrogen-bond acceptors (Lipinski definition) is 2. The van der Waals surface area contributed by atoms with E-state index in [0.717, 1.165) is 18.4 Å². The van der Waals surface area contributed by atoms with Gasteiger partial charge in [-0.25, -0.2) is 13.6 Å². The second kappa shape index (κ2) is 8.39. The fourth-order valence-electron chi connectivity index (χ4n) is 3.96. The van der Waals surface area contributed by atoms with Gasteiger partial charge in [-0.15, -0.1) is 0 Å². The van der Waals surface area contributed by atoms with Gasteiger partial charge in [-0.3, -0.25) is 0 Å². The maximum absolute atomic E-state index is 15.1. The van der Waals surface area contributed by atoms with E-state index in [1.165, 1.54) is 11.6 Å². The molecule has 30 heavy (non-hydrogen) atoms. The third kappa shape index (κ3) is 4.00. The van der Waals surface area contributed by atoms with Crippen molar-refractivity contribution in [1.82, 2.24) is 0 Å². The average Bonchev–Trinajstić information content (AvgIpc) is 2.73. The zero-order chi connectivity index (χ0) is 21.3. The Morgan fingerprint density at radius 2 is 1.70 bits per heavy atom. The van der Waals surface area contributed by atoms with Gasteiger partial charge in [0.1, 0.15) is 17.7 Å². The van der Waals surface area contributed by atoms with E-state index in [2.05, 4.69) is 31.2 Å². The number of fused-ring (bicyclic) bond motifs is 1. The maximum Gasteiger partial charge on any atom is 0.341 e. The molecule has 0 amide bonds. The summed E-state index contributed by atoms with van der Waals surface area (Å²) in [5, 5.41) is 0. The van der Waals surface area contributed by atoms with Gasteiger partial charge in [-0.1, -0.05) is 55.5 Å². The van der Waals surface area contributed by atoms with Gasteiger partial charge >= 0.3 is 5.97 Å². The summed E-state index contributed by atoms with van der Waals surface area (Å²) in [7, 11) is 0. The summed E-state index contributed by atoms with van der Waals surface area (Å²) in [6.07, 6.45) is 2.49. The van der Waals surface area contributed by atoms with E-state index >= 15 is 4.39 Å². The molecule has 4 rings (SSSR count). The van der Waals surface area contributed by atoms with Crippen LogP contribution < -0.4 is 0 Å². The van der Waals surface area contributed by atoms with Crippen LogP contribution in [0, 0.1) is 11.6 Å². The molecule has 1 aliphatic rings. The molecule has 4 heteroatoms. The molecule has 154 valence electrons. The van der Waals surface area contributed by atoms with Crippen LogP contribution in [0.4, 0.5) is 8.78 Å². The Labute approximate surface area is 175 Å². The van der Waals surface area contributed by atoms with Gasteiger partial charge in [0.15, 0.2) is 0 Å². The van der Waals surface area contributed by atoms with Crippen LogP contribution in [0.2, 0.25) is 0 Å². The van der Waals surface area contributed by atoms with Crippen molar-refractivity contribution in [2.75, 3.05) is 0 Å². The topological polar surface area (TPSA) is 26.3 Å². The van der Waals surface area contributed by atoms with Gasteiger partial charge in [0.25, 0.3) is 0 Å². The lowest BCUT2D eigenvalue weighted by Crippen LogP contribution is -2.26. The van der Waals surface area contributed by atoms with E-state index in [1.807, 2.05) is 0 Å². The van der Waals surface area contributed by atoms with Crippen molar-refractivity contribution in [1.29, 1.82) is 0 Å². The van der Waals surface area contributed by atoms with Gasteiger partial charge in [-0.2, -0.15) is 0 Å². The molecule has 0 N–H and O–H groups in total. The Morgan fingerprint density at radius 1 is 0.967 bits per heavy atom. The molecule has 1 heterocycles. The normalized spacial score (nSPS) is 15.6. The number of benzene rings is 3. The van der Waals surface area contributed by atoms with Crippen molar-refractivity contribution in [3.8, 4) is 11.1 Å². The summed E-state index contributed by atoms with van der Waals surface area (Å²) in [4.78, 5) is 12.1. The van der Waals surface area contributed by atoms with E-state index < -0.39 is 11.8 Å². The van der Waals surface area contributed by atoms with Crippen LogP contribution in [0.15, 0.2) is 54.6 Å². The third-order valence-electron chi connectivity index (χ3n) is 5.73. The van der Waals surface area contributed by atoms with Crippen molar-refractivity contribution < 1.29 is 18.3 Å². The summed E-state index contributed by atoms with van der Waals surface area (Å²) in [6, 6.07) is 16.4. The predicted molar refractivity (Wildman–Crippen MR) is 114 cm³/mol. The summed E-state index contributed by atoms with van der Waals surface area (Å²) in [6.45, 7) is 3.89. The average molecular weight is 406 g/mol. The number of hydrogen-bond donors (Lipinski definition) is 0. The molecule has 1 unspecified atom stereocenters. The summed E-state index contributed by atoms with van der Waals surface area (Å²) < 4.78 is 35.0. The summed E-state index contributed by atoms with van der Waals surface area (Å²) >= 11 is 0. The van der Waals surface area contributed by atoms with Gasteiger partial charge in [0.05, 0.1) is 5.56 Å². The third-order valence-corrected chi connectivity index (χ3v) is 5.73. The van der Waals surface area contributed by atoms with Crippen molar-refractivity contribution in [2.24, 2.45) is 0 Å². The van der Waals surface area contributed by atoms with Gasteiger partial charge in [0.2, 0.25) is 0 Å². The van der Waals surface area contributed by atoms with Crippen LogP contribution in [0.5, 0.6) is 0 Å². The minimum Gasteiger partial charge on any atom is -0.459 e. The molecule has 0 saturated carbocycles. The lowest BCUT2D eigenvalue weighted by Gasteiger charge is -2.23. The number of ether oxygens (including phenoxy) is 1. The minimum atomic E-state index is -0.658. The van der Waals surface area contributed by atoms with Gasteiger partial charge < -0.3 is 4.74 Å². The number of esters is 1. The van der Waals surface area contributed by atoms with Crippen LogP contribution in [0.25, 0.3) is 11.1 Å². The van der Waals surface area contributed by atoms with Gasteiger partial charge in [0, 0.05) is 12.0 Å². The smallest absolute Gasteiger partial charge is 0.341 e. The number of cyclic esters (lactones) is 1. The first kappa shape index (κ1) is 20.3. The molecular formula is C26H24F2O2. The molecule has 0 bridgehead atoms. The van der Waals surface area contributed by atoms with Crippen LogP contribution in [0.3, 0.4) is 0 Å². The Bertz CT molecular complexity index is 1090. The number of carbonyl (C=O) groups is 1. The van der Waals surface area contributed by atoms with E-state index in [-0.39, 0.29) is 23.0 Å². The fraction of sp³-hybridized carbons (Fsp3) is 0.269. The predicted octanol–water partition coefficient (Wildman–Crippen LogP) is 6.08. The number of halogens is 2. The Morgan fingerprint density at radius 3 is 2.40 bits per heavy atom. The zero-order valence-corrected chi connectivity index (χ0v) is 17.2. The van der Waals surface area contributed by atoms with Crippen LogP contribution in [0.1, 0.15) is 46.5 Å². The van der Waals surface area contributed by atoms with E-state index in [1.54, 1.807) is 31.2 Å². The van der Waals surface area contributed by atoms with Crippen molar-refractivity contribution in [3.05, 3.63) is 94.0 Å². The van der Waals surface area contributed by atoms with Crippen LogP contribution in [-0.2, 0) is 30.4 Å². The Kier molecular flexibility index (Phi) is 5.67. The summed E-state index contributed by atoms with van der Waals surface area (Å²) in [5.74, 6) is -1.67. The first-order valence-corrected chi connectivity index (χ1v) is 10.3. The number of rotatable bonds is 5. The molecular weight excluding hydrogens is 382 g/mol. The minimum absolute atomic E-state index is 0.0365. The number of aryl methyl sites for hydroxylation is 3. The standard InChI is InChI=1S/C26H24F2O2/c1-3-17-4-6-18(7-5-17)8-9-19-10-11-20(15-23(19)27)22-13-12-21-14-16(2)30-26(29)24(21)25(22)28/h4-7,10-13,15-16H,3,8-9,14H2,1-2H3. The second-order valence-corrected chi connectivity index (χ2v) is 7.86. The van der Waals surface area contributed by atoms with Crippen molar-refractivity contribution in [2.45, 2.75) is 45.6 Å². The quantitative estimate of drug-likeness (QED) is 0.480. The Hall–Kier alpha value is -3.01. The highest BCUT2D eigenvalue weighted by Gasteiger charge is 2.28. The highest BCUT2D eigenvalue weighted by Crippen LogP contribution is 2.32. The first-order valence-electron chi connectivity index (χ1n) is 10.3. The van der Waals surface area contributed by atoms with Crippen molar-refractivity contribution in [3.63, 3.8) is 0 Å². The van der Waals surface area contributed by atoms with E-state index in [9.17, 15) is 9.18 Å². The summed E-state index contributed by atoms with van der Waals surface area (Å²) in [5.41, 5.74) is 4.24. The molecule has 1 aliphatic heterocycles. The van der Waals surface area contributed by atoms with E-state index in [4.69, 9.17) is 4.74 Å². The van der Waals surface area contributed by atoms with Crippen molar-refractivity contribution >= 4 is 5.97 Å². The molecule has 0 aliphatic carbocycles. The SMILES string of the molecule is CCc1ccc(CCc2ccc(-c3ccc4c(c3F)C(=O)OC(C)C4)cc2F)cc1. The molecule has 3 aromatic carbocycles. The lowest BCUT2D eigenvalue weighted by atomic mass is 9.93. The molecule has 2 nitrogen and oxygen atoms in total. The molecule has 0 fully saturated rings. The van der Waals surface area contributed by atoms with Gasteiger partial charge in [-0.05, 0) is 60.1 Å². The molecule has 0 radical (unpaired) electrons. The van der Waals surface area contributed by atoms with E-state index in [0.29, 0.717) is 29.5 Å². The fourth-order valence-corrected chi connectivity index (χ4v) is 3.96. The molecule has 0 aromatic heterocycles. The lowest BCUT2D eigenvalue weighted by molar-refractivity contribution is 0.0294. The highest BCUT2D eigenvalue weighted by atomic mass is 19.1. The molecule has 3 aromatic rings.